The lowest BCUT2D eigenvalue weighted by Crippen LogP contribution is -3.15. The third-order valence-corrected chi connectivity index (χ3v) is 3.85. The van der Waals surface area contributed by atoms with Gasteiger partial charge in [0.15, 0.2) is 6.67 Å². The molecule has 0 bridgehead atoms. The van der Waals surface area contributed by atoms with Crippen LogP contribution < -0.4 is 9.80 Å². The topological polar surface area (TPSA) is 62.0 Å². The zero-order chi connectivity index (χ0) is 13.4. The van der Waals surface area contributed by atoms with Gasteiger partial charge in [-0.05, 0) is 25.0 Å². The second kappa shape index (κ2) is 4.75. The first kappa shape index (κ1) is 12.3. The summed E-state index contributed by atoms with van der Waals surface area (Å²) in [5, 5.41) is 9.68. The molecule has 5 nitrogen and oxygen atoms in total. The third-order valence-electron chi connectivity index (χ3n) is 3.85. The monoisotopic (exact) mass is 261 g/mol. The van der Waals surface area contributed by atoms with Crippen molar-refractivity contribution in [1.82, 2.24) is 0 Å². The molecule has 1 fully saturated rings. The van der Waals surface area contributed by atoms with Gasteiger partial charge in [-0.3, -0.25) is 14.5 Å². The van der Waals surface area contributed by atoms with Gasteiger partial charge in [-0.2, -0.15) is 0 Å². The molecule has 2 aliphatic rings. The maximum absolute atomic E-state index is 12.0. The van der Waals surface area contributed by atoms with Crippen LogP contribution in [-0.4, -0.2) is 42.7 Å². The number of carbonyl (C=O) groups is 2. The number of piperidine rings is 1. The molecule has 19 heavy (non-hydrogen) atoms. The van der Waals surface area contributed by atoms with Crippen LogP contribution in [0.1, 0.15) is 23.2 Å². The molecule has 0 spiro atoms. The Morgan fingerprint density at radius 3 is 2.89 bits per heavy atom. The molecule has 3 rings (SSSR count). The number of hydrogen-bond donors (Lipinski definition) is 2. The molecule has 1 saturated heterocycles. The van der Waals surface area contributed by atoms with Gasteiger partial charge < -0.3 is 10.0 Å². The van der Waals surface area contributed by atoms with E-state index in [0.29, 0.717) is 24.5 Å². The molecule has 2 heterocycles. The highest BCUT2D eigenvalue weighted by Crippen LogP contribution is 2.27. The van der Waals surface area contributed by atoms with Gasteiger partial charge in [0.05, 0.1) is 17.8 Å². The van der Waals surface area contributed by atoms with Gasteiger partial charge in [-0.15, -0.1) is 0 Å². The van der Waals surface area contributed by atoms with E-state index in [1.165, 1.54) is 0 Å². The number of likely N-dealkylation sites (tertiary alicyclic amines) is 1. The Morgan fingerprint density at radius 2 is 2.11 bits per heavy atom. The SMILES string of the molecule is O=C1C(=O)N(C[NH+]2CCC[C@H](O)C2)c2ccccc21. The fourth-order valence-electron chi connectivity index (χ4n) is 2.90. The van der Waals surface area contributed by atoms with Crippen LogP contribution in [0.3, 0.4) is 0 Å². The van der Waals surface area contributed by atoms with Crippen LogP contribution in [0.25, 0.3) is 0 Å². The number of Topliss-reactive ketones (excluding diaryl/α,β-unsaturated/α-hetero) is 1. The first-order valence-corrected chi connectivity index (χ1v) is 6.63. The second-order valence-corrected chi connectivity index (χ2v) is 5.24. The van der Waals surface area contributed by atoms with Crippen molar-refractivity contribution in [3.63, 3.8) is 0 Å². The Morgan fingerprint density at radius 1 is 1.32 bits per heavy atom. The van der Waals surface area contributed by atoms with E-state index in [4.69, 9.17) is 0 Å². The summed E-state index contributed by atoms with van der Waals surface area (Å²) < 4.78 is 0. The van der Waals surface area contributed by atoms with Crippen LogP contribution >= 0.6 is 0 Å². The van der Waals surface area contributed by atoms with Gasteiger partial charge in [0.2, 0.25) is 0 Å². The van der Waals surface area contributed by atoms with Crippen molar-refractivity contribution in [2.45, 2.75) is 18.9 Å². The van der Waals surface area contributed by atoms with Gasteiger partial charge in [0, 0.05) is 0 Å². The average molecular weight is 261 g/mol. The van der Waals surface area contributed by atoms with Crippen molar-refractivity contribution < 1.29 is 19.6 Å². The third kappa shape index (κ3) is 2.15. The molecule has 5 heteroatoms. The van der Waals surface area contributed by atoms with E-state index in [9.17, 15) is 14.7 Å². The Kier molecular flexibility index (Phi) is 3.08. The predicted octanol–water partition coefficient (Wildman–Crippen LogP) is -0.787. The molecule has 1 amide bonds. The molecule has 1 aromatic rings. The van der Waals surface area contributed by atoms with Crippen LogP contribution in [0.5, 0.6) is 0 Å². The minimum absolute atomic E-state index is 0.299. The summed E-state index contributed by atoms with van der Waals surface area (Å²) in [5.41, 5.74) is 1.19. The summed E-state index contributed by atoms with van der Waals surface area (Å²) >= 11 is 0. The number of benzene rings is 1. The highest BCUT2D eigenvalue weighted by Gasteiger charge is 2.38. The molecule has 100 valence electrons. The summed E-state index contributed by atoms with van der Waals surface area (Å²) in [7, 11) is 0. The van der Waals surface area contributed by atoms with Crippen LogP contribution in [0, 0.1) is 0 Å². The van der Waals surface area contributed by atoms with Crippen LogP contribution in [-0.2, 0) is 4.79 Å². The predicted molar refractivity (Wildman–Crippen MR) is 69.1 cm³/mol. The molecular weight excluding hydrogens is 244 g/mol. The summed E-state index contributed by atoms with van der Waals surface area (Å²) in [5.74, 6) is -0.874. The van der Waals surface area contributed by atoms with E-state index >= 15 is 0 Å². The number of nitrogens with one attached hydrogen (secondary N) is 1. The standard InChI is InChI=1S/C14H16N2O3/c17-10-4-3-7-15(8-10)9-16-12-6-2-1-5-11(12)13(18)14(16)19/h1-2,5-6,10,17H,3-4,7-9H2/p+1/t10-/m0/s1. The highest BCUT2D eigenvalue weighted by atomic mass is 16.3. The normalized spacial score (nSPS) is 26.7. The van der Waals surface area contributed by atoms with E-state index in [1.54, 1.807) is 23.1 Å². The Balaban J connectivity index is 1.81. The molecule has 0 aliphatic carbocycles. The number of fused-ring (bicyclic) bond motifs is 1. The van der Waals surface area contributed by atoms with Crippen LogP contribution in [0.2, 0.25) is 0 Å². The molecule has 2 aliphatic heterocycles. The maximum atomic E-state index is 12.0. The van der Waals surface area contributed by atoms with Gasteiger partial charge in [0.1, 0.15) is 12.6 Å². The highest BCUT2D eigenvalue weighted by molar-refractivity contribution is 6.52. The molecule has 0 radical (unpaired) electrons. The zero-order valence-corrected chi connectivity index (χ0v) is 10.6. The van der Waals surface area contributed by atoms with Crippen LogP contribution in [0.4, 0.5) is 5.69 Å². The molecule has 0 aromatic heterocycles. The second-order valence-electron chi connectivity index (χ2n) is 5.24. The van der Waals surface area contributed by atoms with Crippen molar-refractivity contribution in [1.29, 1.82) is 0 Å². The summed E-state index contributed by atoms with van der Waals surface area (Å²) in [6.07, 6.45) is 1.48. The van der Waals surface area contributed by atoms with Gasteiger partial charge >= 0.3 is 5.91 Å². The summed E-state index contributed by atoms with van der Waals surface area (Å²) in [4.78, 5) is 26.6. The molecule has 1 unspecified atom stereocenters. The number of aliphatic hydroxyl groups is 1. The number of anilines is 1. The number of aliphatic hydroxyl groups excluding tert-OH is 1. The number of amides is 1. The zero-order valence-electron chi connectivity index (χ0n) is 10.6. The Hall–Kier alpha value is -1.72. The van der Waals surface area contributed by atoms with Crippen molar-refractivity contribution >= 4 is 17.4 Å². The smallest absolute Gasteiger partial charge is 0.303 e. The molecule has 2 atom stereocenters. The average Bonchev–Trinajstić information content (AvgIpc) is 2.65. The fraction of sp³-hybridized carbons (Fsp3) is 0.429. The number of para-hydroxylation sites is 1. The molecule has 0 saturated carbocycles. The number of carbonyl (C=O) groups excluding carboxylic acids is 2. The minimum Gasteiger partial charge on any atom is -0.387 e. The quantitative estimate of drug-likeness (QED) is 0.686. The first-order chi connectivity index (χ1) is 9.16. The maximum Gasteiger partial charge on any atom is 0.303 e. The number of hydrogen-bond acceptors (Lipinski definition) is 3. The Labute approximate surface area is 111 Å². The van der Waals surface area contributed by atoms with E-state index < -0.39 is 11.7 Å². The van der Waals surface area contributed by atoms with E-state index in [2.05, 4.69) is 0 Å². The van der Waals surface area contributed by atoms with Crippen LogP contribution in [0.15, 0.2) is 24.3 Å². The number of rotatable bonds is 2. The number of ketones is 1. The number of nitrogens with zero attached hydrogens (tertiary/aromatic N) is 1. The van der Waals surface area contributed by atoms with Crippen molar-refractivity contribution in [3.05, 3.63) is 29.8 Å². The summed E-state index contributed by atoms with van der Waals surface area (Å²) in [6, 6.07) is 7.09. The number of quaternary nitrogens is 1. The van der Waals surface area contributed by atoms with Crippen molar-refractivity contribution in [3.8, 4) is 0 Å². The Bertz CT molecular complexity index is 529. The van der Waals surface area contributed by atoms with Gasteiger partial charge in [0.25, 0.3) is 5.78 Å². The fourth-order valence-corrected chi connectivity index (χ4v) is 2.90. The van der Waals surface area contributed by atoms with Crippen molar-refractivity contribution in [2.24, 2.45) is 0 Å². The lowest BCUT2D eigenvalue weighted by atomic mass is 10.1. The lowest BCUT2D eigenvalue weighted by molar-refractivity contribution is -0.907. The molecular formula is C14H17N2O3+. The first-order valence-electron chi connectivity index (χ1n) is 6.63. The van der Waals surface area contributed by atoms with E-state index in [-0.39, 0.29) is 6.10 Å². The van der Waals surface area contributed by atoms with Gasteiger partial charge in [-0.25, -0.2) is 0 Å². The molecule has 1 aromatic carbocycles. The van der Waals surface area contributed by atoms with E-state index in [1.807, 2.05) is 6.07 Å². The van der Waals surface area contributed by atoms with Gasteiger partial charge in [-0.1, -0.05) is 12.1 Å². The van der Waals surface area contributed by atoms with E-state index in [0.717, 1.165) is 24.3 Å². The summed E-state index contributed by atoms with van der Waals surface area (Å²) in [6.45, 7) is 2.02. The minimum atomic E-state index is -0.450. The molecule has 2 N–H and O–H groups in total. The van der Waals surface area contributed by atoms with Crippen molar-refractivity contribution in [2.75, 3.05) is 24.7 Å². The largest absolute Gasteiger partial charge is 0.387 e. The lowest BCUT2D eigenvalue weighted by Gasteiger charge is -2.30.